The van der Waals surface area contributed by atoms with Gasteiger partial charge in [0, 0.05) is 24.9 Å². The number of aliphatic hydroxyl groups excluding tert-OH is 1. The van der Waals surface area contributed by atoms with Gasteiger partial charge in [0.05, 0.1) is 10.6 Å². The summed E-state index contributed by atoms with van der Waals surface area (Å²) in [5.74, 6) is -1.85. The lowest BCUT2D eigenvalue weighted by Gasteiger charge is -2.13. The van der Waals surface area contributed by atoms with Crippen LogP contribution in [0, 0.1) is 6.92 Å². The number of carbonyl (C=O) groups excluding carboxylic acids is 1. The number of amides is 1. The molecule has 0 aliphatic carbocycles. The van der Waals surface area contributed by atoms with Gasteiger partial charge in [0.1, 0.15) is 6.04 Å². The maximum atomic E-state index is 11.8. The van der Waals surface area contributed by atoms with Crippen molar-refractivity contribution < 1.29 is 19.8 Å². The van der Waals surface area contributed by atoms with Crippen LogP contribution in [0.5, 0.6) is 0 Å². The Bertz CT molecular complexity index is 464. The zero-order valence-corrected chi connectivity index (χ0v) is 10.4. The van der Waals surface area contributed by atoms with Gasteiger partial charge in [-0.15, -0.1) is 0 Å². The standard InChI is InChI=1S/C11H13ClN2O4/c1-6-4-8(12)7(5-13-6)10(16)14-9(2-3-15)11(17)18/h4-5,9,15H,2-3H2,1H3,(H,14,16)(H,17,18)/t9-/m0/s1. The number of carboxylic acids is 1. The van der Waals surface area contributed by atoms with Crippen molar-refractivity contribution in [2.75, 3.05) is 6.61 Å². The normalized spacial score (nSPS) is 11.9. The van der Waals surface area contributed by atoms with Crippen LogP contribution >= 0.6 is 11.6 Å². The average Bonchev–Trinajstić information content (AvgIpc) is 2.27. The molecule has 0 radical (unpaired) electrons. The largest absolute Gasteiger partial charge is 0.480 e. The van der Waals surface area contributed by atoms with E-state index < -0.39 is 17.9 Å². The third kappa shape index (κ3) is 3.68. The van der Waals surface area contributed by atoms with E-state index >= 15 is 0 Å². The molecule has 7 heteroatoms. The molecule has 1 amide bonds. The number of aromatic nitrogens is 1. The highest BCUT2D eigenvalue weighted by Crippen LogP contribution is 2.15. The number of nitrogens with zero attached hydrogens (tertiary/aromatic N) is 1. The first-order valence-electron chi connectivity index (χ1n) is 5.22. The van der Waals surface area contributed by atoms with Gasteiger partial charge >= 0.3 is 5.97 Å². The van der Waals surface area contributed by atoms with Crippen LogP contribution < -0.4 is 5.32 Å². The number of pyridine rings is 1. The van der Waals surface area contributed by atoms with E-state index in [0.29, 0.717) is 5.69 Å². The topological polar surface area (TPSA) is 99.5 Å². The number of nitrogens with one attached hydrogen (secondary N) is 1. The summed E-state index contributed by atoms with van der Waals surface area (Å²) in [4.78, 5) is 26.5. The zero-order valence-electron chi connectivity index (χ0n) is 9.68. The first-order chi connectivity index (χ1) is 8.45. The van der Waals surface area contributed by atoms with Gasteiger partial charge in [-0.25, -0.2) is 4.79 Å². The van der Waals surface area contributed by atoms with Crippen molar-refractivity contribution in [1.82, 2.24) is 10.3 Å². The van der Waals surface area contributed by atoms with Crippen molar-refractivity contribution >= 4 is 23.5 Å². The Hall–Kier alpha value is -1.66. The molecule has 1 rings (SSSR count). The number of rotatable bonds is 5. The fraction of sp³-hybridized carbons (Fsp3) is 0.364. The van der Waals surface area contributed by atoms with Gasteiger partial charge in [0.25, 0.3) is 5.91 Å². The Balaban J connectivity index is 2.83. The maximum Gasteiger partial charge on any atom is 0.326 e. The van der Waals surface area contributed by atoms with E-state index in [4.69, 9.17) is 21.8 Å². The smallest absolute Gasteiger partial charge is 0.326 e. The predicted molar refractivity (Wildman–Crippen MR) is 64.6 cm³/mol. The number of aryl methyl sites for hydroxylation is 1. The molecule has 18 heavy (non-hydrogen) atoms. The lowest BCUT2D eigenvalue weighted by atomic mass is 10.2. The lowest BCUT2D eigenvalue weighted by molar-refractivity contribution is -0.139. The molecule has 0 saturated carbocycles. The second kappa shape index (κ2) is 6.32. The van der Waals surface area contributed by atoms with Gasteiger partial charge in [-0.2, -0.15) is 0 Å². The minimum Gasteiger partial charge on any atom is -0.480 e. The van der Waals surface area contributed by atoms with Gasteiger partial charge in [-0.1, -0.05) is 11.6 Å². The van der Waals surface area contributed by atoms with Crippen LogP contribution in [-0.2, 0) is 4.79 Å². The summed E-state index contributed by atoms with van der Waals surface area (Å²) < 4.78 is 0. The van der Waals surface area contributed by atoms with Crippen LogP contribution in [0.25, 0.3) is 0 Å². The van der Waals surface area contributed by atoms with Crippen LogP contribution in [0.2, 0.25) is 5.02 Å². The lowest BCUT2D eigenvalue weighted by Crippen LogP contribution is -2.41. The van der Waals surface area contributed by atoms with Crippen molar-refractivity contribution in [2.24, 2.45) is 0 Å². The summed E-state index contributed by atoms with van der Waals surface area (Å²) in [5, 5.41) is 20.0. The number of hydrogen-bond acceptors (Lipinski definition) is 4. The molecule has 0 aromatic carbocycles. The molecule has 0 aliphatic heterocycles. The molecule has 1 atom stereocenters. The first kappa shape index (κ1) is 14.4. The Morgan fingerprint density at radius 3 is 2.72 bits per heavy atom. The summed E-state index contributed by atoms with van der Waals surface area (Å²) in [6.07, 6.45) is 1.21. The van der Waals surface area contributed by atoms with E-state index in [1.54, 1.807) is 6.92 Å². The molecular weight excluding hydrogens is 260 g/mol. The molecule has 0 spiro atoms. The number of aliphatic carboxylic acids is 1. The molecule has 0 saturated heterocycles. The Morgan fingerprint density at radius 1 is 1.56 bits per heavy atom. The quantitative estimate of drug-likeness (QED) is 0.729. The number of carboxylic acid groups (broad SMARTS) is 1. The molecule has 1 aromatic heterocycles. The SMILES string of the molecule is Cc1cc(Cl)c(C(=O)N[C@@H](CCO)C(=O)O)cn1. The number of hydrogen-bond donors (Lipinski definition) is 3. The van der Waals surface area contributed by atoms with Crippen molar-refractivity contribution in [3.05, 3.63) is 28.5 Å². The molecule has 0 fully saturated rings. The van der Waals surface area contributed by atoms with E-state index in [9.17, 15) is 9.59 Å². The molecule has 6 nitrogen and oxygen atoms in total. The van der Waals surface area contributed by atoms with Gasteiger partial charge in [0.2, 0.25) is 0 Å². The van der Waals surface area contributed by atoms with E-state index in [0.717, 1.165) is 0 Å². The van der Waals surface area contributed by atoms with Crippen molar-refractivity contribution in [2.45, 2.75) is 19.4 Å². The van der Waals surface area contributed by atoms with Crippen molar-refractivity contribution in [1.29, 1.82) is 0 Å². The van der Waals surface area contributed by atoms with Gasteiger partial charge < -0.3 is 15.5 Å². The van der Waals surface area contributed by atoms with Gasteiger partial charge in [-0.05, 0) is 13.0 Å². The first-order valence-corrected chi connectivity index (χ1v) is 5.60. The van der Waals surface area contributed by atoms with Crippen molar-refractivity contribution in [3.63, 3.8) is 0 Å². The summed E-state index contributed by atoms with van der Waals surface area (Å²) in [5.41, 5.74) is 0.758. The van der Waals surface area contributed by atoms with Crippen LogP contribution in [0.4, 0.5) is 0 Å². The minimum absolute atomic E-state index is 0.0714. The fourth-order valence-electron chi connectivity index (χ4n) is 1.32. The summed E-state index contributed by atoms with van der Waals surface area (Å²) >= 11 is 5.87. The number of carbonyl (C=O) groups is 2. The van der Waals surface area contributed by atoms with Crippen molar-refractivity contribution in [3.8, 4) is 0 Å². The highest BCUT2D eigenvalue weighted by Gasteiger charge is 2.21. The molecule has 0 aliphatic rings. The molecule has 1 heterocycles. The Labute approximate surface area is 109 Å². The van der Waals surface area contributed by atoms with Crippen LogP contribution in [-0.4, -0.2) is 39.7 Å². The third-order valence-corrected chi connectivity index (χ3v) is 2.57. The Morgan fingerprint density at radius 2 is 2.22 bits per heavy atom. The van der Waals surface area contributed by atoms with Crippen LogP contribution in [0.3, 0.4) is 0 Å². The maximum absolute atomic E-state index is 11.8. The highest BCUT2D eigenvalue weighted by atomic mass is 35.5. The number of halogens is 1. The van der Waals surface area contributed by atoms with E-state index in [1.807, 2.05) is 0 Å². The van der Waals surface area contributed by atoms with Gasteiger partial charge in [-0.3, -0.25) is 9.78 Å². The number of aliphatic hydroxyl groups is 1. The molecular formula is C11H13ClN2O4. The monoisotopic (exact) mass is 272 g/mol. The molecule has 1 aromatic rings. The summed E-state index contributed by atoms with van der Waals surface area (Å²) in [6.45, 7) is 1.39. The molecule has 3 N–H and O–H groups in total. The van der Waals surface area contributed by atoms with E-state index in [2.05, 4.69) is 10.3 Å². The third-order valence-electron chi connectivity index (χ3n) is 2.26. The van der Waals surface area contributed by atoms with Crippen LogP contribution in [0.15, 0.2) is 12.3 Å². The van der Waals surface area contributed by atoms with Crippen LogP contribution in [0.1, 0.15) is 22.5 Å². The predicted octanol–water partition coefficient (Wildman–Crippen LogP) is 0.609. The minimum atomic E-state index is -1.21. The van der Waals surface area contributed by atoms with E-state index in [-0.39, 0.29) is 23.6 Å². The second-order valence-corrected chi connectivity index (χ2v) is 4.09. The average molecular weight is 273 g/mol. The van der Waals surface area contributed by atoms with Gasteiger partial charge in [0.15, 0.2) is 0 Å². The van der Waals surface area contributed by atoms with E-state index in [1.165, 1.54) is 12.3 Å². The molecule has 98 valence electrons. The zero-order chi connectivity index (χ0) is 13.7. The summed E-state index contributed by atoms with van der Waals surface area (Å²) in [7, 11) is 0. The molecule has 0 bridgehead atoms. The second-order valence-electron chi connectivity index (χ2n) is 3.68. The summed E-state index contributed by atoms with van der Waals surface area (Å²) in [6, 6.07) is 0.359. The molecule has 0 unspecified atom stereocenters. The highest BCUT2D eigenvalue weighted by molar-refractivity contribution is 6.33. The Kier molecular flexibility index (Phi) is 5.06. The fourth-order valence-corrected chi connectivity index (χ4v) is 1.61.